The standard InChI is InChI=1S/C13H18BrFN2O/c14-11-5-12(15)13(17-7-11)18-8-10-4-2-1-3-9(10)6-16/h5,7,9-10H,1-4,6,8,16H2. The molecule has 1 aromatic heterocycles. The summed E-state index contributed by atoms with van der Waals surface area (Å²) in [4.78, 5) is 3.94. The van der Waals surface area contributed by atoms with Gasteiger partial charge in [0.1, 0.15) is 0 Å². The zero-order chi connectivity index (χ0) is 13.0. The summed E-state index contributed by atoms with van der Waals surface area (Å²) in [6.45, 7) is 1.19. The van der Waals surface area contributed by atoms with Gasteiger partial charge in [0.25, 0.3) is 0 Å². The van der Waals surface area contributed by atoms with Crippen molar-refractivity contribution in [1.29, 1.82) is 0 Å². The Balaban J connectivity index is 1.93. The normalized spacial score (nSPS) is 23.9. The van der Waals surface area contributed by atoms with Gasteiger partial charge in [-0.05, 0) is 53.2 Å². The Bertz CT molecular complexity index is 403. The summed E-state index contributed by atoms with van der Waals surface area (Å²) in [5.74, 6) is 0.579. The summed E-state index contributed by atoms with van der Waals surface area (Å²) in [5.41, 5.74) is 5.76. The summed E-state index contributed by atoms with van der Waals surface area (Å²) in [7, 11) is 0. The minimum atomic E-state index is -0.426. The molecule has 1 saturated carbocycles. The van der Waals surface area contributed by atoms with Crippen LogP contribution in [0.5, 0.6) is 5.88 Å². The van der Waals surface area contributed by atoms with Crippen molar-refractivity contribution in [3.63, 3.8) is 0 Å². The first-order chi connectivity index (χ1) is 8.70. The van der Waals surface area contributed by atoms with Crippen molar-refractivity contribution in [3.8, 4) is 5.88 Å². The highest BCUT2D eigenvalue weighted by atomic mass is 79.9. The molecule has 5 heteroatoms. The molecule has 0 aliphatic heterocycles. The fourth-order valence-electron chi connectivity index (χ4n) is 2.51. The van der Waals surface area contributed by atoms with Crippen molar-refractivity contribution in [2.75, 3.05) is 13.2 Å². The van der Waals surface area contributed by atoms with E-state index in [-0.39, 0.29) is 5.88 Å². The smallest absolute Gasteiger partial charge is 0.250 e. The first-order valence-corrected chi connectivity index (χ1v) is 7.14. The first kappa shape index (κ1) is 13.7. The molecule has 0 bridgehead atoms. The molecule has 2 N–H and O–H groups in total. The molecule has 0 amide bonds. The van der Waals surface area contributed by atoms with Crippen LogP contribution in [0.2, 0.25) is 0 Å². The molecule has 0 saturated heterocycles. The maximum absolute atomic E-state index is 13.5. The van der Waals surface area contributed by atoms with Gasteiger partial charge in [0.15, 0.2) is 5.82 Å². The van der Waals surface area contributed by atoms with Gasteiger partial charge in [0, 0.05) is 10.7 Å². The molecule has 1 aliphatic carbocycles. The number of pyridine rings is 1. The molecule has 2 unspecified atom stereocenters. The van der Waals surface area contributed by atoms with Crippen LogP contribution < -0.4 is 10.5 Å². The third kappa shape index (κ3) is 3.42. The molecule has 0 radical (unpaired) electrons. The summed E-state index contributed by atoms with van der Waals surface area (Å²) >= 11 is 3.17. The van der Waals surface area contributed by atoms with E-state index in [1.807, 2.05) is 0 Å². The zero-order valence-corrected chi connectivity index (χ0v) is 11.8. The maximum Gasteiger partial charge on any atom is 0.250 e. The van der Waals surface area contributed by atoms with Crippen LogP contribution in [-0.4, -0.2) is 18.1 Å². The van der Waals surface area contributed by atoms with Crippen molar-refractivity contribution < 1.29 is 9.13 Å². The Labute approximate surface area is 115 Å². The lowest BCUT2D eigenvalue weighted by molar-refractivity contribution is 0.145. The Morgan fingerprint density at radius 3 is 2.78 bits per heavy atom. The van der Waals surface area contributed by atoms with Crippen LogP contribution in [0.25, 0.3) is 0 Å². The largest absolute Gasteiger partial charge is 0.475 e. The minimum absolute atomic E-state index is 0.0829. The number of nitrogens with two attached hydrogens (primary N) is 1. The molecule has 18 heavy (non-hydrogen) atoms. The van der Waals surface area contributed by atoms with Crippen molar-refractivity contribution in [1.82, 2.24) is 4.98 Å². The van der Waals surface area contributed by atoms with Crippen molar-refractivity contribution >= 4 is 15.9 Å². The van der Waals surface area contributed by atoms with E-state index < -0.39 is 5.82 Å². The second-order valence-electron chi connectivity index (χ2n) is 4.79. The minimum Gasteiger partial charge on any atom is -0.475 e. The topological polar surface area (TPSA) is 48.1 Å². The highest BCUT2D eigenvalue weighted by Crippen LogP contribution is 2.30. The Hall–Kier alpha value is -0.680. The van der Waals surface area contributed by atoms with Crippen LogP contribution in [0.4, 0.5) is 4.39 Å². The van der Waals surface area contributed by atoms with Crippen LogP contribution in [0.1, 0.15) is 25.7 Å². The van der Waals surface area contributed by atoms with Gasteiger partial charge in [-0.2, -0.15) is 0 Å². The Morgan fingerprint density at radius 1 is 1.39 bits per heavy atom. The summed E-state index contributed by atoms with van der Waals surface area (Å²) in [6.07, 6.45) is 6.25. The van der Waals surface area contributed by atoms with Gasteiger partial charge < -0.3 is 10.5 Å². The second-order valence-corrected chi connectivity index (χ2v) is 5.71. The van der Waals surface area contributed by atoms with Crippen LogP contribution >= 0.6 is 15.9 Å². The lowest BCUT2D eigenvalue weighted by Gasteiger charge is -2.30. The van der Waals surface area contributed by atoms with Gasteiger partial charge in [0.2, 0.25) is 5.88 Å². The van der Waals surface area contributed by atoms with E-state index in [1.165, 1.54) is 18.9 Å². The average molecular weight is 317 g/mol. The van der Waals surface area contributed by atoms with E-state index in [4.69, 9.17) is 10.5 Å². The SMILES string of the molecule is NCC1CCCCC1COc1ncc(Br)cc1F. The number of halogens is 2. The van der Waals surface area contributed by atoms with Crippen LogP contribution in [-0.2, 0) is 0 Å². The highest BCUT2D eigenvalue weighted by Gasteiger charge is 2.24. The summed E-state index contributed by atoms with van der Waals surface area (Å²) < 4.78 is 19.7. The number of nitrogens with zero attached hydrogens (tertiary/aromatic N) is 1. The number of rotatable bonds is 4. The number of hydrogen-bond donors (Lipinski definition) is 1. The molecule has 3 nitrogen and oxygen atoms in total. The quantitative estimate of drug-likeness (QED) is 0.928. The van der Waals surface area contributed by atoms with Crippen molar-refractivity contribution in [2.45, 2.75) is 25.7 Å². The maximum atomic E-state index is 13.5. The van der Waals surface area contributed by atoms with Crippen LogP contribution in [0, 0.1) is 17.7 Å². The van der Waals surface area contributed by atoms with E-state index in [1.54, 1.807) is 6.20 Å². The summed E-state index contributed by atoms with van der Waals surface area (Å²) in [6, 6.07) is 1.36. The van der Waals surface area contributed by atoms with Gasteiger partial charge in [0.05, 0.1) is 6.61 Å². The molecule has 0 spiro atoms. The molecule has 2 rings (SSSR count). The van der Waals surface area contributed by atoms with Gasteiger partial charge in [-0.25, -0.2) is 9.37 Å². The number of aromatic nitrogens is 1. The van der Waals surface area contributed by atoms with Crippen molar-refractivity contribution in [2.24, 2.45) is 17.6 Å². The van der Waals surface area contributed by atoms with Crippen LogP contribution in [0.15, 0.2) is 16.7 Å². The van der Waals surface area contributed by atoms with Gasteiger partial charge in [-0.15, -0.1) is 0 Å². The molecule has 100 valence electrons. The van der Waals surface area contributed by atoms with Crippen molar-refractivity contribution in [3.05, 3.63) is 22.6 Å². The lowest BCUT2D eigenvalue weighted by Crippen LogP contribution is -2.31. The molecular weight excluding hydrogens is 299 g/mol. The van der Waals surface area contributed by atoms with E-state index in [0.29, 0.717) is 29.5 Å². The van der Waals surface area contributed by atoms with Gasteiger partial charge in [-0.3, -0.25) is 0 Å². The van der Waals surface area contributed by atoms with Crippen LogP contribution in [0.3, 0.4) is 0 Å². The van der Waals surface area contributed by atoms with E-state index >= 15 is 0 Å². The monoisotopic (exact) mass is 316 g/mol. The second kappa shape index (κ2) is 6.48. The van der Waals surface area contributed by atoms with Gasteiger partial charge in [-0.1, -0.05) is 12.8 Å². The van der Waals surface area contributed by atoms with E-state index in [9.17, 15) is 4.39 Å². The fraction of sp³-hybridized carbons (Fsp3) is 0.615. The molecule has 2 atom stereocenters. The predicted molar refractivity (Wildman–Crippen MR) is 71.9 cm³/mol. The molecule has 1 heterocycles. The predicted octanol–water partition coefficient (Wildman–Crippen LogP) is 3.13. The molecule has 1 aromatic rings. The van der Waals surface area contributed by atoms with E-state index in [0.717, 1.165) is 12.8 Å². The third-order valence-corrected chi connectivity index (χ3v) is 4.01. The molecule has 0 aromatic carbocycles. The fourth-order valence-corrected chi connectivity index (χ4v) is 2.81. The highest BCUT2D eigenvalue weighted by molar-refractivity contribution is 9.10. The zero-order valence-electron chi connectivity index (χ0n) is 10.2. The molecule has 1 fully saturated rings. The Kier molecular flexibility index (Phi) is 4.95. The molecule has 1 aliphatic rings. The summed E-state index contributed by atoms with van der Waals surface area (Å²) in [5, 5.41) is 0. The molecular formula is C13H18BrFN2O. The average Bonchev–Trinajstić information content (AvgIpc) is 2.38. The number of ether oxygens (including phenoxy) is 1. The number of hydrogen-bond acceptors (Lipinski definition) is 3. The van der Waals surface area contributed by atoms with E-state index in [2.05, 4.69) is 20.9 Å². The lowest BCUT2D eigenvalue weighted by atomic mass is 9.80. The third-order valence-electron chi connectivity index (χ3n) is 3.58. The first-order valence-electron chi connectivity index (χ1n) is 6.34. The van der Waals surface area contributed by atoms with Gasteiger partial charge >= 0.3 is 0 Å². The Morgan fingerprint density at radius 2 is 2.11 bits per heavy atom.